The summed E-state index contributed by atoms with van der Waals surface area (Å²) in [6, 6.07) is 22.6. The van der Waals surface area contributed by atoms with Gasteiger partial charge in [-0.2, -0.15) is 13.2 Å². The van der Waals surface area contributed by atoms with Crippen LogP contribution in [-0.2, 0) is 27.3 Å². The minimum Gasteiger partial charge on any atom is -0.481 e. The quantitative estimate of drug-likeness (QED) is 0.331. The van der Waals surface area contributed by atoms with E-state index in [1.807, 2.05) is 35.2 Å². The van der Waals surface area contributed by atoms with Crippen LogP contribution in [-0.4, -0.2) is 50.7 Å². The first-order chi connectivity index (χ1) is 19.5. The molecule has 0 unspecified atom stereocenters. The van der Waals surface area contributed by atoms with E-state index in [0.29, 0.717) is 13.1 Å². The Morgan fingerprint density at radius 3 is 1.98 bits per heavy atom. The van der Waals surface area contributed by atoms with E-state index >= 15 is 0 Å². The van der Waals surface area contributed by atoms with Gasteiger partial charge in [0.25, 0.3) is 0 Å². The molecule has 2 N–H and O–H groups in total. The number of carboxylic acids is 2. The minimum atomic E-state index is -5.08. The molecule has 1 aromatic heterocycles. The molecule has 0 aliphatic heterocycles. The number of carbonyl (C=O) groups excluding carboxylic acids is 1. The molecule has 216 valence electrons. The minimum absolute atomic E-state index is 0.152. The van der Waals surface area contributed by atoms with Gasteiger partial charge in [-0.3, -0.25) is 14.6 Å². The number of amides is 1. The van der Waals surface area contributed by atoms with Gasteiger partial charge in [-0.25, -0.2) is 4.79 Å². The molecule has 7 nitrogen and oxygen atoms in total. The Balaban J connectivity index is 0.000000493. The van der Waals surface area contributed by atoms with Gasteiger partial charge < -0.3 is 15.1 Å². The molecule has 2 fully saturated rings. The van der Waals surface area contributed by atoms with Gasteiger partial charge in [0.15, 0.2) is 0 Å². The van der Waals surface area contributed by atoms with Crippen LogP contribution in [0.3, 0.4) is 0 Å². The molecule has 2 aliphatic carbocycles. The van der Waals surface area contributed by atoms with Gasteiger partial charge in [-0.05, 0) is 59.6 Å². The summed E-state index contributed by atoms with van der Waals surface area (Å²) < 4.78 is 31.7. The van der Waals surface area contributed by atoms with Gasteiger partial charge in [0, 0.05) is 37.3 Å². The summed E-state index contributed by atoms with van der Waals surface area (Å²) in [5, 5.41) is 16.3. The zero-order chi connectivity index (χ0) is 29.6. The summed E-state index contributed by atoms with van der Waals surface area (Å²) in [6.45, 7) is 1.29. The zero-order valence-corrected chi connectivity index (χ0v) is 22.3. The second-order valence-corrected chi connectivity index (χ2v) is 10.4. The average Bonchev–Trinajstić information content (AvgIpc) is 3.72. The molecule has 2 aromatic carbocycles. The molecule has 3 aromatic rings. The molecule has 0 saturated heterocycles. The van der Waals surface area contributed by atoms with Crippen molar-refractivity contribution >= 4 is 17.8 Å². The van der Waals surface area contributed by atoms with Gasteiger partial charge in [-0.15, -0.1) is 0 Å². The number of halogens is 3. The first-order valence-electron chi connectivity index (χ1n) is 13.4. The molecular weight excluding hydrogens is 537 g/mol. The smallest absolute Gasteiger partial charge is 0.481 e. The van der Waals surface area contributed by atoms with Crippen molar-refractivity contribution in [3.05, 3.63) is 89.7 Å². The van der Waals surface area contributed by atoms with Crippen molar-refractivity contribution in [3.8, 4) is 11.1 Å². The number of aromatic nitrogens is 1. The summed E-state index contributed by atoms with van der Waals surface area (Å²) in [5.41, 5.74) is 5.46. The lowest BCUT2D eigenvalue weighted by atomic mass is 9.84. The second kappa shape index (κ2) is 13.0. The van der Waals surface area contributed by atoms with Crippen molar-refractivity contribution in [1.29, 1.82) is 0 Å². The fourth-order valence-corrected chi connectivity index (χ4v) is 4.76. The van der Waals surface area contributed by atoms with Crippen LogP contribution in [0.5, 0.6) is 0 Å². The van der Waals surface area contributed by atoms with Gasteiger partial charge in [0.1, 0.15) is 0 Å². The van der Waals surface area contributed by atoms with Crippen molar-refractivity contribution in [2.45, 2.75) is 50.7 Å². The zero-order valence-electron chi connectivity index (χ0n) is 22.3. The first-order valence-corrected chi connectivity index (χ1v) is 13.4. The van der Waals surface area contributed by atoms with Crippen molar-refractivity contribution in [2.75, 3.05) is 6.54 Å². The summed E-state index contributed by atoms with van der Waals surface area (Å²) in [7, 11) is 0. The third-order valence-corrected chi connectivity index (χ3v) is 7.48. The molecule has 2 saturated carbocycles. The number of hydrogen-bond donors (Lipinski definition) is 2. The number of pyridine rings is 1. The van der Waals surface area contributed by atoms with Crippen molar-refractivity contribution in [1.82, 2.24) is 9.88 Å². The average molecular weight is 569 g/mol. The highest BCUT2D eigenvalue weighted by Gasteiger charge is 2.44. The van der Waals surface area contributed by atoms with E-state index in [1.165, 1.54) is 0 Å². The fraction of sp³-hybridized carbons (Fsp3) is 0.355. The molecule has 1 heterocycles. The van der Waals surface area contributed by atoms with E-state index in [0.717, 1.165) is 60.1 Å². The Bertz CT molecular complexity index is 1340. The molecular formula is C31H31F3N2O5. The number of rotatable bonds is 9. The predicted octanol–water partition coefficient (Wildman–Crippen LogP) is 5.94. The number of alkyl halides is 3. The second-order valence-electron chi connectivity index (χ2n) is 10.4. The molecule has 5 rings (SSSR count). The molecule has 10 heteroatoms. The molecule has 41 heavy (non-hydrogen) atoms. The number of nitrogens with zero attached hydrogens (tertiary/aromatic N) is 2. The van der Waals surface area contributed by atoms with Crippen LogP contribution >= 0.6 is 0 Å². The van der Waals surface area contributed by atoms with Gasteiger partial charge in [0.2, 0.25) is 5.91 Å². The summed E-state index contributed by atoms with van der Waals surface area (Å²) in [4.78, 5) is 39.5. The van der Waals surface area contributed by atoms with E-state index in [-0.39, 0.29) is 23.7 Å². The topological polar surface area (TPSA) is 108 Å². The third-order valence-electron chi connectivity index (χ3n) is 7.48. The van der Waals surface area contributed by atoms with Crippen LogP contribution in [0, 0.1) is 11.8 Å². The Labute approximate surface area is 235 Å². The lowest BCUT2D eigenvalue weighted by Gasteiger charge is -2.32. The largest absolute Gasteiger partial charge is 0.490 e. The molecule has 1 amide bonds. The van der Waals surface area contributed by atoms with E-state index in [9.17, 15) is 22.8 Å². The molecule has 2 atom stereocenters. The Morgan fingerprint density at radius 2 is 1.51 bits per heavy atom. The van der Waals surface area contributed by atoms with Crippen LogP contribution in [0.1, 0.15) is 48.4 Å². The van der Waals surface area contributed by atoms with Crippen LogP contribution < -0.4 is 0 Å². The Kier molecular flexibility index (Phi) is 9.42. The Morgan fingerprint density at radius 1 is 0.902 bits per heavy atom. The van der Waals surface area contributed by atoms with Crippen LogP contribution in [0.15, 0.2) is 72.9 Å². The molecule has 0 spiro atoms. The SMILES string of the molecule is O=C(O)C(F)(F)F.O=C(O)[C@H]1C[C@@H]1c1ccc(-c2ccc(CN(CCc3ccccn3)C(=O)C3CCC3)cc2)cc1. The van der Waals surface area contributed by atoms with Crippen LogP contribution in [0.25, 0.3) is 11.1 Å². The molecule has 0 bridgehead atoms. The maximum Gasteiger partial charge on any atom is 0.490 e. The van der Waals surface area contributed by atoms with E-state index in [1.54, 1.807) is 6.20 Å². The molecule has 2 aliphatic rings. The highest BCUT2D eigenvalue weighted by Crippen LogP contribution is 2.47. The lowest BCUT2D eigenvalue weighted by Crippen LogP contribution is -2.39. The van der Waals surface area contributed by atoms with E-state index < -0.39 is 18.1 Å². The van der Waals surface area contributed by atoms with Gasteiger partial charge >= 0.3 is 18.1 Å². The van der Waals surface area contributed by atoms with E-state index in [4.69, 9.17) is 15.0 Å². The number of carboxylic acid groups (broad SMARTS) is 2. The number of aliphatic carboxylic acids is 2. The first kappa shape index (κ1) is 29.8. The maximum absolute atomic E-state index is 13.1. The van der Waals surface area contributed by atoms with Crippen molar-refractivity contribution in [3.63, 3.8) is 0 Å². The normalized spacial score (nSPS) is 17.9. The number of carbonyl (C=O) groups is 3. The summed E-state index contributed by atoms with van der Waals surface area (Å²) in [6.07, 6.45) is 1.36. The maximum atomic E-state index is 13.1. The van der Waals surface area contributed by atoms with Crippen molar-refractivity contribution in [2.24, 2.45) is 11.8 Å². The predicted molar refractivity (Wildman–Crippen MR) is 145 cm³/mol. The van der Waals surface area contributed by atoms with Crippen LogP contribution in [0.2, 0.25) is 0 Å². The molecule has 0 radical (unpaired) electrons. The monoisotopic (exact) mass is 568 g/mol. The standard InChI is InChI=1S/C29H30N2O3.C2HF3O2/c32-28(24-4-3-5-24)31(17-15-25-6-1-2-16-30-25)19-20-7-9-21(10-8-20)22-11-13-23(14-12-22)26-18-27(26)29(33)34;3-2(4,5)1(6)7/h1-2,6-14,16,24,26-27H,3-5,15,17-19H2,(H,33,34);(H,6,7)/t26-,27+;/m1./s1. The highest BCUT2D eigenvalue weighted by molar-refractivity contribution is 5.79. The van der Waals surface area contributed by atoms with Crippen LogP contribution in [0.4, 0.5) is 13.2 Å². The lowest BCUT2D eigenvalue weighted by molar-refractivity contribution is -0.192. The number of benzene rings is 2. The third kappa shape index (κ3) is 8.15. The van der Waals surface area contributed by atoms with Gasteiger partial charge in [0.05, 0.1) is 5.92 Å². The van der Waals surface area contributed by atoms with E-state index in [2.05, 4.69) is 41.4 Å². The summed E-state index contributed by atoms with van der Waals surface area (Å²) >= 11 is 0. The number of hydrogen-bond acceptors (Lipinski definition) is 4. The fourth-order valence-electron chi connectivity index (χ4n) is 4.76. The highest BCUT2D eigenvalue weighted by atomic mass is 19.4. The Hall–Kier alpha value is -4.21. The van der Waals surface area contributed by atoms with Crippen molar-refractivity contribution < 1.29 is 37.8 Å². The summed E-state index contributed by atoms with van der Waals surface area (Å²) in [5.74, 6) is -3.09. The van der Waals surface area contributed by atoms with Gasteiger partial charge in [-0.1, -0.05) is 61.0 Å².